The highest BCUT2D eigenvalue weighted by Crippen LogP contribution is 2.30. The average molecular weight is 260 g/mol. The summed E-state index contributed by atoms with van der Waals surface area (Å²) in [7, 11) is 1.56. The third-order valence-electron chi connectivity index (χ3n) is 2.53. The van der Waals surface area contributed by atoms with Crippen LogP contribution in [0.15, 0.2) is 17.3 Å². The fraction of sp³-hybridized carbons (Fsp3) is 0.125. The van der Waals surface area contributed by atoms with Crippen LogP contribution < -0.4 is 0 Å². The number of pyridine rings is 1. The lowest BCUT2D eigenvalue weighted by molar-refractivity contribution is -0.384. The van der Waals surface area contributed by atoms with E-state index in [1.165, 1.54) is 0 Å². The Kier molecular flexibility index (Phi) is 2.49. The van der Waals surface area contributed by atoms with Crippen LogP contribution in [0.4, 0.5) is 11.5 Å². The standard InChI is InChI=1S/C8H4B2N3O6/c14-6(15)3-1-4(13(16)17)5(11-2-3)12-8-10(19-8)7-9-18-7/h1-2,7H,(H,14,15)/b12-8+. The summed E-state index contributed by atoms with van der Waals surface area (Å²) in [4.78, 5) is 28.4. The number of carbonyl (C=O) groups is 1. The zero-order valence-corrected chi connectivity index (χ0v) is 9.22. The number of hydrogen-bond acceptors (Lipinski definition) is 7. The van der Waals surface area contributed by atoms with Crippen molar-refractivity contribution in [1.82, 2.24) is 4.98 Å². The molecule has 0 amide bonds. The predicted molar refractivity (Wildman–Crippen MR) is 62.4 cm³/mol. The second-order valence-electron chi connectivity index (χ2n) is 3.85. The van der Waals surface area contributed by atoms with E-state index in [9.17, 15) is 14.9 Å². The molecule has 0 saturated carbocycles. The molecule has 2 aliphatic heterocycles. The van der Waals surface area contributed by atoms with Crippen molar-refractivity contribution < 1.29 is 24.1 Å². The molecule has 9 nitrogen and oxygen atoms in total. The molecule has 93 valence electrons. The van der Waals surface area contributed by atoms with Gasteiger partial charge < -0.3 is 14.4 Å². The van der Waals surface area contributed by atoms with Gasteiger partial charge in [-0.1, -0.05) is 0 Å². The van der Waals surface area contributed by atoms with Crippen molar-refractivity contribution in [2.24, 2.45) is 4.99 Å². The topological polar surface area (TPSA) is 131 Å². The molecule has 11 heteroatoms. The van der Waals surface area contributed by atoms with Gasteiger partial charge in [0.1, 0.15) is 0 Å². The van der Waals surface area contributed by atoms with Gasteiger partial charge in [0, 0.05) is 12.3 Å². The second kappa shape index (κ2) is 4.05. The number of aromatic nitrogens is 1. The Bertz CT molecular complexity index is 617. The van der Waals surface area contributed by atoms with Crippen LogP contribution in [0.25, 0.3) is 0 Å². The van der Waals surface area contributed by atoms with Crippen LogP contribution in [-0.4, -0.2) is 47.1 Å². The molecule has 1 aromatic heterocycles. The van der Waals surface area contributed by atoms with Crippen molar-refractivity contribution in [3.63, 3.8) is 0 Å². The van der Waals surface area contributed by atoms with E-state index in [1.54, 1.807) is 7.48 Å². The molecule has 1 unspecified atom stereocenters. The summed E-state index contributed by atoms with van der Waals surface area (Å²) in [5, 5.41) is 19.6. The molecule has 0 bridgehead atoms. The Hall–Kier alpha value is -2.42. The maximum atomic E-state index is 10.9. The first kappa shape index (κ1) is 11.7. The normalized spacial score (nSPS) is 21.6. The van der Waals surface area contributed by atoms with E-state index < -0.39 is 16.6 Å². The van der Waals surface area contributed by atoms with Gasteiger partial charge in [-0.25, -0.2) is 9.78 Å². The van der Waals surface area contributed by atoms with Gasteiger partial charge in [0.25, 0.3) is 0 Å². The predicted octanol–water partition coefficient (Wildman–Crippen LogP) is -0.206. The highest BCUT2D eigenvalue weighted by atomic mass is 16.6. The van der Waals surface area contributed by atoms with Crippen LogP contribution in [0.2, 0.25) is 0 Å². The molecule has 1 N–H and O–H groups in total. The third kappa shape index (κ3) is 2.27. The van der Waals surface area contributed by atoms with Crippen LogP contribution >= 0.6 is 0 Å². The first-order valence-electron chi connectivity index (χ1n) is 5.18. The smallest absolute Gasteiger partial charge is 0.474 e. The van der Waals surface area contributed by atoms with Gasteiger partial charge in [0.15, 0.2) is 5.80 Å². The summed E-state index contributed by atoms with van der Waals surface area (Å²) in [5.74, 6) is -1.35. The lowest BCUT2D eigenvalue weighted by atomic mass is 9.65. The van der Waals surface area contributed by atoms with E-state index in [2.05, 4.69) is 9.98 Å². The van der Waals surface area contributed by atoms with Crippen molar-refractivity contribution in [1.29, 1.82) is 0 Å². The molecule has 2 saturated heterocycles. The van der Waals surface area contributed by atoms with Gasteiger partial charge in [0.2, 0.25) is 5.82 Å². The number of nitrogens with zero attached hydrogens (tertiary/aromatic N) is 3. The number of rotatable bonds is 4. The SMILES string of the molecule is O=C(O)c1cnc(/N=C2/OB2C2[B]O2)c([N+](=O)[O-])c1. The maximum absolute atomic E-state index is 10.9. The van der Waals surface area contributed by atoms with Gasteiger partial charge >= 0.3 is 26.1 Å². The molecule has 0 aliphatic carbocycles. The zero-order valence-electron chi connectivity index (χ0n) is 9.22. The molecule has 3 rings (SSSR count). The van der Waals surface area contributed by atoms with Crippen molar-refractivity contribution in [2.45, 2.75) is 5.90 Å². The van der Waals surface area contributed by atoms with Crippen molar-refractivity contribution in [2.75, 3.05) is 0 Å². The highest BCUT2D eigenvalue weighted by Gasteiger charge is 2.57. The first-order valence-corrected chi connectivity index (χ1v) is 5.18. The molecule has 0 spiro atoms. The molecule has 1 aromatic rings. The zero-order chi connectivity index (χ0) is 13.6. The van der Waals surface area contributed by atoms with Crippen LogP contribution in [0, 0.1) is 10.1 Å². The fourth-order valence-electron chi connectivity index (χ4n) is 1.47. The molecule has 1 radical (unpaired) electrons. The van der Waals surface area contributed by atoms with Gasteiger partial charge in [-0.2, -0.15) is 4.99 Å². The first-order chi connectivity index (χ1) is 9.06. The molecule has 2 aliphatic rings. The molecule has 0 aromatic carbocycles. The molecular formula is C8H4B2N3O6. The molecular weight excluding hydrogens is 256 g/mol. The summed E-state index contributed by atoms with van der Waals surface area (Å²) in [6.07, 6.45) is 1.01. The van der Waals surface area contributed by atoms with E-state index in [0.29, 0.717) is 0 Å². The van der Waals surface area contributed by atoms with Crippen molar-refractivity contribution in [3.05, 3.63) is 27.9 Å². The van der Waals surface area contributed by atoms with Crippen molar-refractivity contribution in [3.8, 4) is 0 Å². The molecule has 3 heterocycles. The minimum Gasteiger partial charge on any atom is -0.544 e. The minimum absolute atomic E-state index is 0.156. The minimum atomic E-state index is -1.30. The van der Waals surface area contributed by atoms with E-state index >= 15 is 0 Å². The Morgan fingerprint density at radius 1 is 1.68 bits per heavy atom. The van der Waals surface area contributed by atoms with Crippen LogP contribution in [0.1, 0.15) is 10.4 Å². The fourth-order valence-corrected chi connectivity index (χ4v) is 1.47. The number of hydrogen-bond donors (Lipinski definition) is 1. The lowest BCUT2D eigenvalue weighted by Crippen LogP contribution is -2.05. The van der Waals surface area contributed by atoms with Crippen LogP contribution in [0.3, 0.4) is 0 Å². The largest absolute Gasteiger partial charge is 0.544 e. The van der Waals surface area contributed by atoms with Crippen LogP contribution in [0.5, 0.6) is 0 Å². The summed E-state index contributed by atoms with van der Waals surface area (Å²) in [5.41, 5.74) is -0.759. The Labute approximate surface area is 106 Å². The van der Waals surface area contributed by atoms with Gasteiger partial charge in [-0.15, -0.1) is 0 Å². The summed E-state index contributed by atoms with van der Waals surface area (Å²) in [6.45, 7) is -0.319. The van der Waals surface area contributed by atoms with Gasteiger partial charge in [0.05, 0.1) is 16.4 Å². The molecule has 2 fully saturated rings. The van der Waals surface area contributed by atoms with Gasteiger partial charge in [-0.3, -0.25) is 10.1 Å². The third-order valence-corrected chi connectivity index (χ3v) is 2.53. The Balaban J connectivity index is 1.92. The second-order valence-corrected chi connectivity index (χ2v) is 3.85. The maximum Gasteiger partial charge on any atom is 0.474 e. The number of nitro groups is 1. The molecule has 1 atom stereocenters. The lowest BCUT2D eigenvalue weighted by Gasteiger charge is -1.97. The number of carboxylic acid groups (broad SMARTS) is 1. The Morgan fingerprint density at radius 3 is 3.00 bits per heavy atom. The molecule has 19 heavy (non-hydrogen) atoms. The summed E-state index contributed by atoms with van der Waals surface area (Å²) >= 11 is 0. The van der Waals surface area contributed by atoms with E-state index in [-0.39, 0.29) is 30.0 Å². The van der Waals surface area contributed by atoms with Gasteiger partial charge in [-0.05, 0) is 0 Å². The monoisotopic (exact) mass is 260 g/mol. The van der Waals surface area contributed by atoms with E-state index in [1.807, 2.05) is 0 Å². The highest BCUT2D eigenvalue weighted by molar-refractivity contribution is 7.04. The van der Waals surface area contributed by atoms with Crippen molar-refractivity contribution >= 4 is 37.7 Å². The Morgan fingerprint density at radius 2 is 2.42 bits per heavy atom. The quantitative estimate of drug-likeness (QED) is 0.343. The summed E-state index contributed by atoms with van der Waals surface area (Å²) in [6, 6.07) is 0.909. The number of aromatic carboxylic acids is 1. The van der Waals surface area contributed by atoms with Crippen LogP contribution in [-0.2, 0) is 9.31 Å². The number of aliphatic imine (C=N–C) groups is 1. The van der Waals surface area contributed by atoms with E-state index in [0.717, 1.165) is 12.3 Å². The summed E-state index contributed by atoms with van der Waals surface area (Å²) < 4.78 is 9.94. The number of carboxylic acids is 1. The van der Waals surface area contributed by atoms with E-state index in [4.69, 9.17) is 14.4 Å². The average Bonchev–Trinajstić information content (AvgIpc) is 3.22.